The number of fused-ring (bicyclic) bond motifs is 3. The van der Waals surface area contributed by atoms with Crippen LogP contribution in [0, 0.1) is 11.3 Å². The largest absolute Gasteiger partial charge is 0.456 e. The highest BCUT2D eigenvalue weighted by molar-refractivity contribution is 6.34. The average Bonchev–Trinajstić information content (AvgIpc) is 2.74. The van der Waals surface area contributed by atoms with Gasteiger partial charge in [-0.3, -0.25) is 4.79 Å². The van der Waals surface area contributed by atoms with Crippen molar-refractivity contribution in [1.29, 1.82) is 5.26 Å². The van der Waals surface area contributed by atoms with Gasteiger partial charge in [-0.15, -0.1) is 0 Å². The Labute approximate surface area is 107 Å². The van der Waals surface area contributed by atoms with Gasteiger partial charge in [-0.25, -0.2) is 0 Å². The minimum atomic E-state index is 0.377. The van der Waals surface area contributed by atoms with Crippen LogP contribution in [0.4, 0.5) is 0 Å². The molecular formula is C14H6ClNO2. The van der Waals surface area contributed by atoms with Gasteiger partial charge in [0.1, 0.15) is 11.2 Å². The summed E-state index contributed by atoms with van der Waals surface area (Å²) in [6, 6.07) is 10.5. The fourth-order valence-electron chi connectivity index (χ4n) is 1.97. The summed E-state index contributed by atoms with van der Waals surface area (Å²) in [6.45, 7) is 0. The average molecular weight is 256 g/mol. The van der Waals surface area contributed by atoms with Crippen LogP contribution < -0.4 is 0 Å². The number of nitrogens with zero attached hydrogens (tertiary/aromatic N) is 1. The van der Waals surface area contributed by atoms with Gasteiger partial charge in [0.25, 0.3) is 0 Å². The topological polar surface area (TPSA) is 54.0 Å². The van der Waals surface area contributed by atoms with E-state index in [1.54, 1.807) is 30.3 Å². The van der Waals surface area contributed by atoms with Crippen molar-refractivity contribution < 1.29 is 9.21 Å². The van der Waals surface area contributed by atoms with E-state index in [-0.39, 0.29) is 0 Å². The molecule has 18 heavy (non-hydrogen) atoms. The van der Waals surface area contributed by atoms with Crippen LogP contribution >= 0.6 is 11.6 Å². The highest BCUT2D eigenvalue weighted by Crippen LogP contribution is 2.32. The fourth-order valence-corrected chi connectivity index (χ4v) is 2.18. The molecule has 4 heteroatoms. The molecule has 0 unspecified atom stereocenters. The third-order valence-corrected chi connectivity index (χ3v) is 3.17. The molecule has 0 radical (unpaired) electrons. The fraction of sp³-hybridized carbons (Fsp3) is 0. The first-order chi connectivity index (χ1) is 8.72. The summed E-state index contributed by atoms with van der Waals surface area (Å²) in [7, 11) is 0. The quantitative estimate of drug-likeness (QED) is 0.619. The zero-order chi connectivity index (χ0) is 12.7. The normalized spacial score (nSPS) is 10.7. The van der Waals surface area contributed by atoms with Crippen LogP contribution in [0.1, 0.15) is 15.9 Å². The molecule has 0 spiro atoms. The molecule has 3 nitrogen and oxygen atoms in total. The summed E-state index contributed by atoms with van der Waals surface area (Å²) in [6.07, 6.45) is 0.690. The van der Waals surface area contributed by atoms with E-state index in [4.69, 9.17) is 21.3 Å². The van der Waals surface area contributed by atoms with E-state index in [1.807, 2.05) is 0 Å². The lowest BCUT2D eigenvalue weighted by molar-refractivity contribution is 0.112. The lowest BCUT2D eigenvalue weighted by Gasteiger charge is -1.95. The molecule has 0 aliphatic rings. The van der Waals surface area contributed by atoms with Crippen molar-refractivity contribution in [1.82, 2.24) is 0 Å². The lowest BCUT2D eigenvalue weighted by atomic mass is 10.1. The van der Waals surface area contributed by atoms with E-state index in [9.17, 15) is 4.79 Å². The maximum absolute atomic E-state index is 10.8. The van der Waals surface area contributed by atoms with Crippen LogP contribution in [-0.2, 0) is 0 Å². The Hall–Kier alpha value is -2.31. The number of carbonyl (C=O) groups is 1. The van der Waals surface area contributed by atoms with Gasteiger partial charge in [-0.05, 0) is 30.3 Å². The first-order valence-corrected chi connectivity index (χ1v) is 5.62. The van der Waals surface area contributed by atoms with Crippen LogP contribution in [0.2, 0.25) is 5.02 Å². The Morgan fingerprint density at radius 2 is 1.94 bits per heavy atom. The van der Waals surface area contributed by atoms with Gasteiger partial charge in [-0.1, -0.05) is 11.6 Å². The number of benzene rings is 2. The van der Waals surface area contributed by atoms with Gasteiger partial charge in [-0.2, -0.15) is 5.26 Å². The van der Waals surface area contributed by atoms with Gasteiger partial charge < -0.3 is 4.42 Å². The number of furan rings is 1. The Bertz CT molecular complexity index is 827. The highest BCUT2D eigenvalue weighted by Gasteiger charge is 2.11. The van der Waals surface area contributed by atoms with E-state index in [0.717, 1.165) is 10.8 Å². The summed E-state index contributed by atoms with van der Waals surface area (Å²) < 4.78 is 5.62. The molecule has 0 aliphatic heterocycles. The molecule has 1 heterocycles. The maximum Gasteiger partial charge on any atom is 0.151 e. The van der Waals surface area contributed by atoms with Crippen LogP contribution in [0.3, 0.4) is 0 Å². The second-order valence-corrected chi connectivity index (χ2v) is 4.32. The molecule has 1 aromatic heterocycles. The third kappa shape index (κ3) is 1.47. The monoisotopic (exact) mass is 255 g/mol. The Kier molecular flexibility index (Phi) is 2.32. The smallest absolute Gasteiger partial charge is 0.151 e. The molecule has 0 N–H and O–H groups in total. The minimum absolute atomic E-state index is 0.377. The standard InChI is InChI=1S/C14H6ClNO2/c15-12-5-11-10-3-8(6-16)1-2-13(10)18-14(11)4-9(12)7-17/h1-5,7H. The molecule has 3 aromatic rings. The second-order valence-electron chi connectivity index (χ2n) is 3.91. The number of hydrogen-bond acceptors (Lipinski definition) is 3. The van der Waals surface area contributed by atoms with Crippen LogP contribution in [0.5, 0.6) is 0 Å². The SMILES string of the molecule is N#Cc1ccc2oc3cc(C=O)c(Cl)cc3c2c1. The summed E-state index contributed by atoms with van der Waals surface area (Å²) >= 11 is 6.00. The van der Waals surface area contributed by atoms with E-state index in [1.165, 1.54) is 0 Å². The van der Waals surface area contributed by atoms with Crippen molar-refractivity contribution in [3.05, 3.63) is 46.5 Å². The number of rotatable bonds is 1. The van der Waals surface area contributed by atoms with Crippen LogP contribution in [0.15, 0.2) is 34.7 Å². The van der Waals surface area contributed by atoms with Gasteiger partial charge in [0, 0.05) is 16.3 Å². The van der Waals surface area contributed by atoms with Crippen molar-refractivity contribution in [3.8, 4) is 6.07 Å². The van der Waals surface area contributed by atoms with Gasteiger partial charge in [0.15, 0.2) is 6.29 Å². The van der Waals surface area contributed by atoms with Crippen LogP contribution in [-0.4, -0.2) is 6.29 Å². The van der Waals surface area contributed by atoms with Gasteiger partial charge in [0.2, 0.25) is 0 Å². The molecule has 0 bridgehead atoms. The number of carbonyl (C=O) groups excluding carboxylic acids is 1. The number of hydrogen-bond donors (Lipinski definition) is 0. The molecule has 86 valence electrons. The molecular weight excluding hydrogens is 250 g/mol. The summed E-state index contributed by atoms with van der Waals surface area (Å²) in [5.41, 5.74) is 2.21. The zero-order valence-electron chi connectivity index (χ0n) is 9.11. The van der Waals surface area contributed by atoms with Crippen molar-refractivity contribution in [3.63, 3.8) is 0 Å². The van der Waals surface area contributed by atoms with Crippen molar-refractivity contribution in [2.24, 2.45) is 0 Å². The van der Waals surface area contributed by atoms with Gasteiger partial charge in [0.05, 0.1) is 16.7 Å². The summed E-state index contributed by atoms with van der Waals surface area (Å²) in [5, 5.41) is 10.9. The molecule has 0 aliphatic carbocycles. The Morgan fingerprint density at radius 1 is 1.17 bits per heavy atom. The molecule has 0 atom stereocenters. The molecule has 2 aromatic carbocycles. The molecule has 3 rings (SSSR count). The van der Waals surface area contributed by atoms with E-state index < -0.39 is 0 Å². The number of aldehydes is 1. The second kappa shape index (κ2) is 3.86. The van der Waals surface area contributed by atoms with Crippen LogP contribution in [0.25, 0.3) is 21.9 Å². The van der Waals surface area contributed by atoms with Gasteiger partial charge >= 0.3 is 0 Å². The zero-order valence-corrected chi connectivity index (χ0v) is 9.86. The van der Waals surface area contributed by atoms with Crippen molar-refractivity contribution in [2.45, 2.75) is 0 Å². The predicted octanol–water partition coefficient (Wildman–Crippen LogP) is 3.92. The molecule has 0 saturated heterocycles. The first-order valence-electron chi connectivity index (χ1n) is 5.24. The van der Waals surface area contributed by atoms with Crippen molar-refractivity contribution >= 4 is 39.8 Å². The summed E-state index contributed by atoms with van der Waals surface area (Å²) in [5.74, 6) is 0. The summed E-state index contributed by atoms with van der Waals surface area (Å²) in [4.78, 5) is 10.8. The van der Waals surface area contributed by atoms with E-state index in [2.05, 4.69) is 6.07 Å². The van der Waals surface area contributed by atoms with Crippen molar-refractivity contribution in [2.75, 3.05) is 0 Å². The predicted molar refractivity (Wildman–Crippen MR) is 68.8 cm³/mol. The highest BCUT2D eigenvalue weighted by atomic mass is 35.5. The molecule has 0 saturated carbocycles. The van der Waals surface area contributed by atoms with E-state index >= 15 is 0 Å². The first kappa shape index (κ1) is 10.8. The Balaban J connectivity index is 2.46. The maximum atomic E-state index is 10.8. The minimum Gasteiger partial charge on any atom is -0.456 e. The third-order valence-electron chi connectivity index (χ3n) is 2.84. The molecule has 0 amide bonds. The number of nitriles is 1. The lowest BCUT2D eigenvalue weighted by Crippen LogP contribution is -1.80. The Morgan fingerprint density at radius 3 is 2.67 bits per heavy atom. The molecule has 0 fully saturated rings. The number of halogens is 1. The van der Waals surface area contributed by atoms with E-state index in [0.29, 0.717) is 33.6 Å².